The third kappa shape index (κ3) is 10.5. The lowest BCUT2D eigenvalue weighted by molar-refractivity contribution is -0.121. The van der Waals surface area contributed by atoms with Crippen LogP contribution in [0.25, 0.3) is 0 Å². The van der Waals surface area contributed by atoms with E-state index in [9.17, 15) is 4.79 Å². The predicted octanol–water partition coefficient (Wildman–Crippen LogP) is 2.38. The van der Waals surface area contributed by atoms with E-state index in [-0.39, 0.29) is 42.0 Å². The van der Waals surface area contributed by atoms with E-state index in [1.807, 2.05) is 41.8 Å². The van der Waals surface area contributed by atoms with Crippen LogP contribution in [0.15, 0.2) is 29.3 Å². The molecule has 0 aliphatic rings. The molecule has 0 radical (unpaired) electrons. The average molecular weight is 475 g/mol. The fourth-order valence-corrected chi connectivity index (χ4v) is 2.24. The van der Waals surface area contributed by atoms with Crippen LogP contribution in [0.4, 0.5) is 5.69 Å². The second-order valence-corrected chi connectivity index (χ2v) is 7.23. The molecule has 1 aromatic rings. The maximum absolute atomic E-state index is 11.9. The third-order valence-electron chi connectivity index (χ3n) is 3.40. The van der Waals surface area contributed by atoms with Gasteiger partial charge in [0.25, 0.3) is 0 Å². The van der Waals surface area contributed by atoms with Crippen molar-refractivity contribution in [3.8, 4) is 0 Å². The lowest BCUT2D eigenvalue weighted by Crippen LogP contribution is -2.43. The topological polar surface area (TPSA) is 68.8 Å². The number of carbonyl (C=O) groups excluding carboxylic acids is 1. The summed E-state index contributed by atoms with van der Waals surface area (Å²) in [7, 11) is 4.07. The molecule has 1 amide bonds. The Morgan fingerprint density at radius 1 is 1.12 bits per heavy atom. The van der Waals surface area contributed by atoms with Crippen LogP contribution in [0.2, 0.25) is 0 Å². The minimum Gasteiger partial charge on any atom is -0.378 e. The van der Waals surface area contributed by atoms with Gasteiger partial charge in [-0.15, -0.1) is 24.0 Å². The van der Waals surface area contributed by atoms with Gasteiger partial charge in [-0.25, -0.2) is 4.99 Å². The van der Waals surface area contributed by atoms with Crippen LogP contribution in [-0.4, -0.2) is 51.1 Å². The van der Waals surface area contributed by atoms with Gasteiger partial charge in [-0.2, -0.15) is 0 Å². The van der Waals surface area contributed by atoms with E-state index in [0.29, 0.717) is 5.96 Å². The number of guanidine groups is 1. The molecule has 7 heteroatoms. The Hall–Kier alpha value is -1.51. The van der Waals surface area contributed by atoms with Crippen LogP contribution < -0.4 is 20.9 Å². The standard InChI is InChI=1S/C19H33N5O.HI/c1-7-20-18(22-14-17(25)23-19(2,3)4)21-13-12-15-8-10-16(11-9-15)24(5)6;/h8-11H,7,12-14H2,1-6H3,(H,23,25)(H2,20,21,22);1H. The quantitative estimate of drug-likeness (QED) is 0.322. The highest BCUT2D eigenvalue weighted by atomic mass is 127. The molecular formula is C19H34IN5O. The van der Waals surface area contributed by atoms with Crippen LogP contribution in [-0.2, 0) is 11.2 Å². The molecule has 0 saturated carbocycles. The number of aliphatic imine (C=N–C) groups is 1. The normalized spacial score (nSPS) is 11.4. The minimum atomic E-state index is -0.239. The molecule has 1 rings (SSSR count). The summed E-state index contributed by atoms with van der Waals surface area (Å²) in [5, 5.41) is 9.34. The molecule has 1 aromatic carbocycles. The number of rotatable bonds is 7. The van der Waals surface area contributed by atoms with Crippen LogP contribution in [0, 0.1) is 0 Å². The Morgan fingerprint density at radius 3 is 2.23 bits per heavy atom. The zero-order chi connectivity index (χ0) is 18.9. The monoisotopic (exact) mass is 475 g/mol. The fourth-order valence-electron chi connectivity index (χ4n) is 2.24. The zero-order valence-corrected chi connectivity index (χ0v) is 19.2. The number of carbonyl (C=O) groups is 1. The fraction of sp³-hybridized carbons (Fsp3) is 0.579. The van der Waals surface area contributed by atoms with Crippen molar-refractivity contribution >= 4 is 41.5 Å². The van der Waals surface area contributed by atoms with Crippen LogP contribution >= 0.6 is 24.0 Å². The summed E-state index contributed by atoms with van der Waals surface area (Å²) >= 11 is 0. The van der Waals surface area contributed by atoms with Crippen molar-refractivity contribution in [2.75, 3.05) is 38.6 Å². The SMILES string of the molecule is CCNC(=NCC(=O)NC(C)(C)C)NCCc1ccc(N(C)C)cc1.I. The van der Waals surface area contributed by atoms with Gasteiger partial charge in [0.05, 0.1) is 0 Å². The molecule has 0 heterocycles. The molecule has 0 bridgehead atoms. The molecule has 3 N–H and O–H groups in total. The van der Waals surface area contributed by atoms with Gasteiger partial charge in [0.1, 0.15) is 6.54 Å². The maximum atomic E-state index is 11.9. The molecule has 0 spiro atoms. The second kappa shape index (κ2) is 12.0. The Bertz CT molecular complexity index is 564. The van der Waals surface area contributed by atoms with Crippen LogP contribution in [0.5, 0.6) is 0 Å². The molecule has 0 unspecified atom stereocenters. The first-order valence-corrected chi connectivity index (χ1v) is 8.80. The first-order valence-electron chi connectivity index (χ1n) is 8.80. The van der Waals surface area contributed by atoms with E-state index in [4.69, 9.17) is 0 Å². The first-order chi connectivity index (χ1) is 11.7. The molecule has 0 aromatic heterocycles. The van der Waals surface area contributed by atoms with E-state index in [2.05, 4.69) is 50.1 Å². The zero-order valence-electron chi connectivity index (χ0n) is 16.8. The predicted molar refractivity (Wildman–Crippen MR) is 122 cm³/mol. The van der Waals surface area contributed by atoms with E-state index >= 15 is 0 Å². The molecule has 6 nitrogen and oxygen atoms in total. The summed E-state index contributed by atoms with van der Waals surface area (Å²) in [6.07, 6.45) is 0.895. The Balaban J connectivity index is 0.00000625. The van der Waals surface area contributed by atoms with Crippen molar-refractivity contribution in [3.05, 3.63) is 29.8 Å². The summed E-state index contributed by atoms with van der Waals surface area (Å²) in [5.41, 5.74) is 2.22. The maximum Gasteiger partial charge on any atom is 0.242 e. The van der Waals surface area contributed by atoms with E-state index in [0.717, 1.165) is 19.5 Å². The summed E-state index contributed by atoms with van der Waals surface area (Å²) in [6, 6.07) is 8.51. The van der Waals surface area contributed by atoms with Gasteiger partial charge in [-0.1, -0.05) is 12.1 Å². The summed E-state index contributed by atoms with van der Waals surface area (Å²) in [6.45, 7) is 9.51. The highest BCUT2D eigenvalue weighted by molar-refractivity contribution is 14.0. The smallest absolute Gasteiger partial charge is 0.242 e. The van der Waals surface area contributed by atoms with Crippen molar-refractivity contribution in [2.45, 2.75) is 39.7 Å². The molecule has 0 atom stereocenters. The molecule has 0 fully saturated rings. The van der Waals surface area contributed by atoms with Crippen molar-refractivity contribution < 1.29 is 4.79 Å². The van der Waals surface area contributed by atoms with Gasteiger partial charge >= 0.3 is 0 Å². The Morgan fingerprint density at radius 2 is 1.73 bits per heavy atom. The molecule has 0 aliphatic carbocycles. The highest BCUT2D eigenvalue weighted by Crippen LogP contribution is 2.12. The average Bonchev–Trinajstić information content (AvgIpc) is 2.51. The van der Waals surface area contributed by atoms with Crippen LogP contribution in [0.1, 0.15) is 33.3 Å². The molecule has 148 valence electrons. The van der Waals surface area contributed by atoms with Crippen molar-refractivity contribution in [2.24, 2.45) is 4.99 Å². The van der Waals surface area contributed by atoms with Gasteiger partial charge in [0.2, 0.25) is 5.91 Å². The van der Waals surface area contributed by atoms with Crippen molar-refractivity contribution in [1.29, 1.82) is 0 Å². The number of benzene rings is 1. The van der Waals surface area contributed by atoms with E-state index in [1.54, 1.807) is 0 Å². The minimum absolute atomic E-state index is 0. The van der Waals surface area contributed by atoms with Gasteiger partial charge < -0.3 is 20.9 Å². The van der Waals surface area contributed by atoms with E-state index in [1.165, 1.54) is 11.3 Å². The largest absolute Gasteiger partial charge is 0.378 e. The molecule has 0 saturated heterocycles. The van der Waals surface area contributed by atoms with Gasteiger partial charge in [-0.05, 0) is 51.8 Å². The number of hydrogen-bond acceptors (Lipinski definition) is 3. The molecule has 26 heavy (non-hydrogen) atoms. The molecular weight excluding hydrogens is 441 g/mol. The lowest BCUT2D eigenvalue weighted by Gasteiger charge is -2.20. The van der Waals surface area contributed by atoms with Crippen LogP contribution in [0.3, 0.4) is 0 Å². The number of nitrogens with one attached hydrogen (secondary N) is 3. The highest BCUT2D eigenvalue weighted by Gasteiger charge is 2.13. The summed E-state index contributed by atoms with van der Waals surface area (Å²) < 4.78 is 0. The number of amides is 1. The summed E-state index contributed by atoms with van der Waals surface area (Å²) in [4.78, 5) is 18.3. The first kappa shape index (κ1) is 24.5. The Labute approximate surface area is 175 Å². The number of hydrogen-bond donors (Lipinski definition) is 3. The number of anilines is 1. The third-order valence-corrected chi connectivity index (χ3v) is 3.40. The van der Waals surface area contributed by atoms with Crippen molar-refractivity contribution in [1.82, 2.24) is 16.0 Å². The lowest BCUT2D eigenvalue weighted by atomic mass is 10.1. The Kier molecular flexibility index (Phi) is 11.3. The van der Waals surface area contributed by atoms with Gasteiger partial charge in [-0.3, -0.25) is 4.79 Å². The van der Waals surface area contributed by atoms with E-state index < -0.39 is 0 Å². The molecule has 0 aliphatic heterocycles. The second-order valence-electron chi connectivity index (χ2n) is 7.23. The van der Waals surface area contributed by atoms with Gasteiger partial charge in [0, 0.05) is 38.4 Å². The number of nitrogens with zero attached hydrogens (tertiary/aromatic N) is 2. The van der Waals surface area contributed by atoms with Crippen molar-refractivity contribution in [3.63, 3.8) is 0 Å². The summed E-state index contributed by atoms with van der Waals surface area (Å²) in [5.74, 6) is 0.584. The number of halogens is 1. The van der Waals surface area contributed by atoms with Gasteiger partial charge in [0.15, 0.2) is 5.96 Å².